The molecule has 1 spiro atoms. The molecule has 2 bridgehead atoms. The number of fused-ring (bicyclic) bond motifs is 5. The summed E-state index contributed by atoms with van der Waals surface area (Å²) in [5.74, 6) is 1.02. The van der Waals surface area contributed by atoms with Crippen molar-refractivity contribution in [1.82, 2.24) is 0 Å². The minimum atomic E-state index is -0.0609. The summed E-state index contributed by atoms with van der Waals surface area (Å²) in [5, 5.41) is 2.48. The fourth-order valence-electron chi connectivity index (χ4n) is 5.09. The first-order valence-corrected chi connectivity index (χ1v) is 8.42. The number of rotatable bonds is 0. The maximum atomic E-state index is 13.3. The van der Waals surface area contributed by atoms with Crippen molar-refractivity contribution in [2.24, 2.45) is 11.3 Å². The van der Waals surface area contributed by atoms with E-state index in [2.05, 4.69) is 43.3 Å². The summed E-state index contributed by atoms with van der Waals surface area (Å²) >= 11 is 0. The normalized spacial score (nSPS) is 29.2. The summed E-state index contributed by atoms with van der Waals surface area (Å²) in [7, 11) is 0. The van der Waals surface area contributed by atoms with E-state index in [0.717, 1.165) is 31.2 Å². The van der Waals surface area contributed by atoms with E-state index in [4.69, 9.17) is 0 Å². The number of aryl methyl sites for hydroxylation is 2. The number of hydrogen-bond donors (Lipinski definition) is 0. The van der Waals surface area contributed by atoms with Crippen LogP contribution in [-0.4, -0.2) is 5.78 Å². The van der Waals surface area contributed by atoms with Gasteiger partial charge in [-0.1, -0.05) is 41.5 Å². The number of ketones is 1. The van der Waals surface area contributed by atoms with E-state index in [0.29, 0.717) is 11.7 Å². The van der Waals surface area contributed by atoms with Crippen LogP contribution in [0.1, 0.15) is 47.2 Å². The van der Waals surface area contributed by atoms with Crippen molar-refractivity contribution in [2.75, 3.05) is 0 Å². The van der Waals surface area contributed by atoms with Gasteiger partial charge in [-0.15, -0.1) is 0 Å². The second-order valence-electron chi connectivity index (χ2n) is 7.52. The number of hydrogen-bond acceptors (Lipinski definition) is 1. The largest absolute Gasteiger partial charge is 0.294 e. The predicted octanol–water partition coefficient (Wildman–Crippen LogP) is 5.00. The molecule has 2 unspecified atom stereocenters. The van der Waals surface area contributed by atoms with Crippen LogP contribution in [0.5, 0.6) is 0 Å². The number of allylic oxidation sites excluding steroid dienone is 2. The Morgan fingerprint density at radius 1 is 1.14 bits per heavy atom. The highest BCUT2D eigenvalue weighted by atomic mass is 16.1. The third-order valence-electron chi connectivity index (χ3n) is 6.28. The smallest absolute Gasteiger partial charge is 0.169 e. The van der Waals surface area contributed by atoms with Gasteiger partial charge in [0.1, 0.15) is 0 Å². The van der Waals surface area contributed by atoms with Gasteiger partial charge in [0.15, 0.2) is 5.78 Å². The van der Waals surface area contributed by atoms with Crippen LogP contribution >= 0.6 is 0 Å². The Balaban J connectivity index is 1.68. The molecule has 22 heavy (non-hydrogen) atoms. The van der Waals surface area contributed by atoms with E-state index in [1.54, 1.807) is 5.57 Å². The first-order valence-electron chi connectivity index (χ1n) is 8.42. The summed E-state index contributed by atoms with van der Waals surface area (Å²) in [6, 6.07) is 11.0. The Morgan fingerprint density at radius 3 is 2.82 bits per heavy atom. The fraction of sp³-hybridized carbons (Fsp3) is 0.381. The van der Waals surface area contributed by atoms with Crippen LogP contribution in [0.2, 0.25) is 0 Å². The van der Waals surface area contributed by atoms with Crippen LogP contribution in [0.25, 0.3) is 10.8 Å². The Hall–Kier alpha value is -1.89. The molecule has 0 N–H and O–H groups in total. The molecule has 2 atom stereocenters. The number of Topliss-reactive ketones (excluding diaryl/α,β-unsaturated/α-hetero) is 1. The van der Waals surface area contributed by atoms with Crippen molar-refractivity contribution in [3.63, 3.8) is 0 Å². The molecular weight excluding hydrogens is 268 g/mol. The van der Waals surface area contributed by atoms with Crippen LogP contribution < -0.4 is 0 Å². The molecular formula is C21H20O. The highest BCUT2D eigenvalue weighted by Crippen LogP contribution is 2.58. The lowest BCUT2D eigenvalue weighted by molar-refractivity contribution is 0.0671. The highest BCUT2D eigenvalue weighted by Gasteiger charge is 2.53. The van der Waals surface area contributed by atoms with Gasteiger partial charge in [0.2, 0.25) is 0 Å². The maximum absolute atomic E-state index is 13.3. The molecule has 3 aliphatic carbocycles. The second kappa shape index (κ2) is 4.10. The summed E-state index contributed by atoms with van der Waals surface area (Å²) < 4.78 is 0. The summed E-state index contributed by atoms with van der Waals surface area (Å²) in [5.41, 5.74) is 5.02. The molecule has 3 aliphatic rings. The van der Waals surface area contributed by atoms with Crippen molar-refractivity contribution < 1.29 is 4.79 Å². The average Bonchev–Trinajstić information content (AvgIpc) is 3.11. The molecule has 1 fully saturated rings. The van der Waals surface area contributed by atoms with Crippen molar-refractivity contribution in [2.45, 2.75) is 39.0 Å². The molecule has 0 saturated heterocycles. The van der Waals surface area contributed by atoms with Crippen LogP contribution in [0.15, 0.2) is 42.0 Å². The van der Waals surface area contributed by atoms with Gasteiger partial charge >= 0.3 is 0 Å². The zero-order valence-corrected chi connectivity index (χ0v) is 13.0. The van der Waals surface area contributed by atoms with Gasteiger partial charge in [0, 0.05) is 11.0 Å². The fourth-order valence-corrected chi connectivity index (χ4v) is 5.09. The number of carbonyl (C=O) groups is 1. The molecule has 1 heteroatoms. The first kappa shape index (κ1) is 12.6. The van der Waals surface area contributed by atoms with Crippen LogP contribution in [0.3, 0.4) is 0 Å². The summed E-state index contributed by atoms with van der Waals surface area (Å²) in [4.78, 5) is 13.3. The topological polar surface area (TPSA) is 17.1 Å². The zero-order valence-electron chi connectivity index (χ0n) is 13.0. The molecule has 5 rings (SSSR count). The van der Waals surface area contributed by atoms with Crippen molar-refractivity contribution in [3.05, 3.63) is 58.7 Å². The van der Waals surface area contributed by atoms with E-state index in [9.17, 15) is 4.79 Å². The Labute approximate surface area is 131 Å². The minimum Gasteiger partial charge on any atom is -0.294 e. The van der Waals surface area contributed by atoms with Crippen LogP contribution in [0.4, 0.5) is 0 Å². The lowest BCUT2D eigenvalue weighted by Crippen LogP contribution is -2.39. The van der Waals surface area contributed by atoms with Gasteiger partial charge in [0.05, 0.1) is 0 Å². The van der Waals surface area contributed by atoms with Gasteiger partial charge in [-0.3, -0.25) is 4.79 Å². The quantitative estimate of drug-likeness (QED) is 0.623. The SMILES string of the molecule is Cc1ccc2cc3c(cc2c1)C(=O)C1(CC3)CC2=CCC1C2. The van der Waals surface area contributed by atoms with E-state index in [1.807, 2.05) is 0 Å². The van der Waals surface area contributed by atoms with Crippen LogP contribution in [0, 0.1) is 18.3 Å². The number of carbonyl (C=O) groups excluding carboxylic acids is 1. The summed E-state index contributed by atoms with van der Waals surface area (Å²) in [6.45, 7) is 2.12. The second-order valence-corrected chi connectivity index (χ2v) is 7.52. The van der Waals surface area contributed by atoms with Crippen molar-refractivity contribution >= 4 is 16.6 Å². The van der Waals surface area contributed by atoms with E-state index < -0.39 is 0 Å². The molecule has 0 aliphatic heterocycles. The molecule has 2 aromatic rings. The van der Waals surface area contributed by atoms with Gasteiger partial charge < -0.3 is 0 Å². The van der Waals surface area contributed by atoms with E-state index in [1.165, 1.54) is 28.3 Å². The monoisotopic (exact) mass is 288 g/mol. The summed E-state index contributed by atoms with van der Waals surface area (Å²) in [6.07, 6.45) is 7.83. The molecule has 2 aromatic carbocycles. The Bertz CT molecular complexity index is 858. The third kappa shape index (κ3) is 1.52. The van der Waals surface area contributed by atoms with Crippen molar-refractivity contribution in [1.29, 1.82) is 0 Å². The van der Waals surface area contributed by atoms with Gasteiger partial charge in [-0.05, 0) is 67.3 Å². The Kier molecular flexibility index (Phi) is 2.35. The van der Waals surface area contributed by atoms with E-state index >= 15 is 0 Å². The minimum absolute atomic E-state index is 0.0609. The molecule has 0 aromatic heterocycles. The molecule has 0 radical (unpaired) electrons. The lowest BCUT2D eigenvalue weighted by atomic mass is 9.63. The third-order valence-corrected chi connectivity index (χ3v) is 6.28. The molecule has 110 valence electrons. The van der Waals surface area contributed by atoms with Crippen molar-refractivity contribution in [3.8, 4) is 0 Å². The van der Waals surface area contributed by atoms with Gasteiger partial charge in [-0.25, -0.2) is 0 Å². The zero-order chi connectivity index (χ0) is 14.9. The molecule has 0 heterocycles. The lowest BCUT2D eigenvalue weighted by Gasteiger charge is -2.38. The van der Waals surface area contributed by atoms with Gasteiger partial charge in [-0.2, -0.15) is 0 Å². The van der Waals surface area contributed by atoms with E-state index in [-0.39, 0.29) is 5.41 Å². The predicted molar refractivity (Wildman–Crippen MR) is 89.2 cm³/mol. The molecule has 1 saturated carbocycles. The molecule has 0 amide bonds. The Morgan fingerprint density at radius 2 is 2.05 bits per heavy atom. The molecule has 1 nitrogen and oxygen atoms in total. The highest BCUT2D eigenvalue weighted by molar-refractivity contribution is 6.06. The maximum Gasteiger partial charge on any atom is 0.169 e. The standard InChI is InChI=1S/C21H20O/c1-13-2-4-15-10-16-6-7-21(12-14-3-5-18(21)9-14)20(22)19(16)11-17(15)8-13/h2-4,8,10-11,18H,5-7,9,12H2,1H3. The first-order chi connectivity index (χ1) is 10.7. The number of benzene rings is 2. The van der Waals surface area contributed by atoms with Gasteiger partial charge in [0.25, 0.3) is 0 Å². The van der Waals surface area contributed by atoms with Crippen LogP contribution in [-0.2, 0) is 6.42 Å². The average molecular weight is 288 g/mol.